The van der Waals surface area contributed by atoms with Gasteiger partial charge in [0, 0.05) is 12.2 Å². The van der Waals surface area contributed by atoms with Gasteiger partial charge in [0.25, 0.3) is 0 Å². The molecule has 0 aliphatic carbocycles. The van der Waals surface area contributed by atoms with Crippen LogP contribution in [-0.4, -0.2) is 6.54 Å². The van der Waals surface area contributed by atoms with E-state index in [1.807, 2.05) is 0 Å². The van der Waals surface area contributed by atoms with Gasteiger partial charge < -0.3 is 5.32 Å². The zero-order valence-electron chi connectivity index (χ0n) is 14.2. The van der Waals surface area contributed by atoms with E-state index in [0.717, 1.165) is 24.2 Å². The smallest absolute Gasteiger partial charge is 0.0340 e. The molecule has 0 radical (unpaired) electrons. The van der Waals surface area contributed by atoms with Crippen LogP contribution in [0.3, 0.4) is 0 Å². The van der Waals surface area contributed by atoms with Crippen LogP contribution >= 0.6 is 0 Å². The minimum Gasteiger partial charge on any atom is -0.385 e. The maximum absolute atomic E-state index is 4.10. The first-order chi connectivity index (χ1) is 10.4. The minimum absolute atomic E-state index is 0.175. The Kier molecular flexibility index (Phi) is 5.07. The van der Waals surface area contributed by atoms with Crippen molar-refractivity contribution in [2.75, 3.05) is 6.54 Å². The Balaban J connectivity index is 2.22. The van der Waals surface area contributed by atoms with Crippen molar-refractivity contribution < 1.29 is 0 Å². The first kappa shape index (κ1) is 16.4. The van der Waals surface area contributed by atoms with Gasteiger partial charge in [0.2, 0.25) is 0 Å². The zero-order valence-corrected chi connectivity index (χ0v) is 14.2. The second-order valence-corrected chi connectivity index (χ2v) is 6.81. The lowest BCUT2D eigenvalue weighted by molar-refractivity contribution is 0.590. The molecule has 116 valence electrons. The molecule has 0 fully saturated rings. The third-order valence-corrected chi connectivity index (χ3v) is 3.88. The molecule has 2 aromatic carbocycles. The number of rotatable bonds is 5. The summed E-state index contributed by atoms with van der Waals surface area (Å²) in [5.41, 5.74) is 6.21. The van der Waals surface area contributed by atoms with Crippen LogP contribution in [0, 0.1) is 0 Å². The summed E-state index contributed by atoms with van der Waals surface area (Å²) in [6.07, 6.45) is 1.11. The Morgan fingerprint density at radius 3 is 2.27 bits per heavy atom. The molecule has 2 aromatic rings. The third-order valence-electron chi connectivity index (χ3n) is 3.88. The fourth-order valence-electron chi connectivity index (χ4n) is 2.41. The molecule has 1 N–H and O–H groups in total. The highest BCUT2D eigenvalue weighted by Crippen LogP contribution is 2.28. The predicted molar refractivity (Wildman–Crippen MR) is 97.9 cm³/mol. The Labute approximate surface area is 135 Å². The van der Waals surface area contributed by atoms with Crippen LogP contribution in [0.25, 0.3) is 16.8 Å². The Hall–Kier alpha value is -2.02. The summed E-state index contributed by atoms with van der Waals surface area (Å²) in [4.78, 5) is 0. The van der Waals surface area contributed by atoms with Crippen molar-refractivity contribution >= 4 is 5.70 Å². The number of nitrogens with one attached hydrogen (secondary N) is 1. The highest BCUT2D eigenvalue weighted by atomic mass is 14.9. The fourth-order valence-corrected chi connectivity index (χ4v) is 2.41. The third kappa shape index (κ3) is 4.00. The van der Waals surface area contributed by atoms with Crippen LogP contribution in [0.4, 0.5) is 0 Å². The van der Waals surface area contributed by atoms with Gasteiger partial charge in [0.05, 0.1) is 0 Å². The SMILES string of the molecule is C=C(NCCC)c1ccc(-c2cccc(C(C)(C)C)c2)cc1. The molecule has 0 heterocycles. The van der Waals surface area contributed by atoms with Gasteiger partial charge >= 0.3 is 0 Å². The molecule has 2 rings (SSSR count). The second-order valence-electron chi connectivity index (χ2n) is 6.81. The summed E-state index contributed by atoms with van der Waals surface area (Å²) in [5, 5.41) is 3.34. The van der Waals surface area contributed by atoms with E-state index < -0.39 is 0 Å². The molecule has 0 unspecified atom stereocenters. The molecular formula is C21H27N. The van der Waals surface area contributed by atoms with Gasteiger partial charge in [-0.15, -0.1) is 0 Å². The Morgan fingerprint density at radius 2 is 1.68 bits per heavy atom. The molecule has 0 spiro atoms. The average Bonchev–Trinajstić information content (AvgIpc) is 2.52. The highest BCUT2D eigenvalue weighted by Gasteiger charge is 2.13. The summed E-state index contributed by atoms with van der Waals surface area (Å²) in [6, 6.07) is 17.5. The van der Waals surface area contributed by atoms with Gasteiger partial charge in [-0.3, -0.25) is 0 Å². The minimum atomic E-state index is 0.175. The van der Waals surface area contributed by atoms with E-state index in [0.29, 0.717) is 0 Å². The van der Waals surface area contributed by atoms with Gasteiger partial charge in [-0.1, -0.05) is 82.8 Å². The lowest BCUT2D eigenvalue weighted by Crippen LogP contribution is -2.11. The van der Waals surface area contributed by atoms with Gasteiger partial charge in [-0.25, -0.2) is 0 Å². The summed E-state index contributed by atoms with van der Waals surface area (Å²) in [6.45, 7) is 14.0. The summed E-state index contributed by atoms with van der Waals surface area (Å²) < 4.78 is 0. The monoisotopic (exact) mass is 293 g/mol. The van der Waals surface area contributed by atoms with Crippen LogP contribution in [0.1, 0.15) is 45.2 Å². The molecule has 0 bridgehead atoms. The van der Waals surface area contributed by atoms with E-state index in [-0.39, 0.29) is 5.41 Å². The van der Waals surface area contributed by atoms with Gasteiger partial charge in [0.1, 0.15) is 0 Å². The molecule has 0 amide bonds. The molecule has 1 heteroatoms. The van der Waals surface area contributed by atoms with Crippen LogP contribution in [0.2, 0.25) is 0 Å². The Bertz CT molecular complexity index is 630. The first-order valence-corrected chi connectivity index (χ1v) is 8.06. The van der Waals surface area contributed by atoms with E-state index in [9.17, 15) is 0 Å². The molecule has 0 aliphatic rings. The van der Waals surface area contributed by atoms with Crippen molar-refractivity contribution in [2.24, 2.45) is 0 Å². The lowest BCUT2D eigenvalue weighted by Gasteiger charge is -2.20. The first-order valence-electron chi connectivity index (χ1n) is 8.06. The van der Waals surface area contributed by atoms with Gasteiger partial charge in [0.15, 0.2) is 0 Å². The lowest BCUT2D eigenvalue weighted by atomic mass is 9.85. The number of hydrogen-bond acceptors (Lipinski definition) is 1. The zero-order chi connectivity index (χ0) is 16.2. The van der Waals surface area contributed by atoms with Crippen LogP contribution in [0.5, 0.6) is 0 Å². The van der Waals surface area contributed by atoms with Crippen molar-refractivity contribution in [3.05, 3.63) is 66.2 Å². The van der Waals surface area contributed by atoms with Gasteiger partial charge in [-0.2, -0.15) is 0 Å². The van der Waals surface area contributed by atoms with Crippen molar-refractivity contribution in [2.45, 2.75) is 39.5 Å². The van der Waals surface area contributed by atoms with Crippen LogP contribution in [-0.2, 0) is 5.41 Å². The molecule has 0 saturated carbocycles. The largest absolute Gasteiger partial charge is 0.385 e. The van der Waals surface area contributed by atoms with Crippen molar-refractivity contribution in [1.82, 2.24) is 5.32 Å². The number of hydrogen-bond donors (Lipinski definition) is 1. The molecule has 1 nitrogen and oxygen atoms in total. The second kappa shape index (κ2) is 6.83. The molecule has 0 aliphatic heterocycles. The van der Waals surface area contributed by atoms with Crippen molar-refractivity contribution in [3.63, 3.8) is 0 Å². The quantitative estimate of drug-likeness (QED) is 0.754. The predicted octanol–water partition coefficient (Wildman–Crippen LogP) is 5.62. The maximum Gasteiger partial charge on any atom is 0.0340 e. The summed E-state index contributed by atoms with van der Waals surface area (Å²) in [5.74, 6) is 0. The maximum atomic E-state index is 4.10. The van der Waals surface area contributed by atoms with E-state index in [4.69, 9.17) is 0 Å². The summed E-state index contributed by atoms with van der Waals surface area (Å²) in [7, 11) is 0. The van der Waals surface area contributed by atoms with E-state index in [1.165, 1.54) is 16.7 Å². The molecule has 0 saturated heterocycles. The van der Waals surface area contributed by atoms with E-state index in [2.05, 4.69) is 88.1 Å². The summed E-state index contributed by atoms with van der Waals surface area (Å²) >= 11 is 0. The number of benzene rings is 2. The van der Waals surface area contributed by atoms with E-state index >= 15 is 0 Å². The highest BCUT2D eigenvalue weighted by molar-refractivity contribution is 5.69. The van der Waals surface area contributed by atoms with E-state index in [1.54, 1.807) is 0 Å². The fraction of sp³-hybridized carbons (Fsp3) is 0.333. The molecule has 0 aromatic heterocycles. The topological polar surface area (TPSA) is 12.0 Å². The van der Waals surface area contributed by atoms with Crippen LogP contribution in [0.15, 0.2) is 55.1 Å². The normalized spacial score (nSPS) is 11.3. The average molecular weight is 293 g/mol. The van der Waals surface area contributed by atoms with Gasteiger partial charge in [-0.05, 0) is 34.1 Å². The molecule has 0 atom stereocenters. The molecular weight excluding hydrogens is 266 g/mol. The van der Waals surface area contributed by atoms with Crippen molar-refractivity contribution in [3.8, 4) is 11.1 Å². The van der Waals surface area contributed by atoms with Crippen molar-refractivity contribution in [1.29, 1.82) is 0 Å². The molecule has 22 heavy (non-hydrogen) atoms. The van der Waals surface area contributed by atoms with Crippen LogP contribution < -0.4 is 5.32 Å². The standard InChI is InChI=1S/C21H27N/c1-6-14-22-16(2)17-10-12-18(13-11-17)19-8-7-9-20(15-19)21(3,4)5/h7-13,15,22H,2,6,14H2,1,3-5H3. The Morgan fingerprint density at radius 1 is 1.00 bits per heavy atom.